The van der Waals surface area contributed by atoms with Gasteiger partial charge in [-0.05, 0) is 55.0 Å². The highest BCUT2D eigenvalue weighted by molar-refractivity contribution is 6.30. The summed E-state index contributed by atoms with van der Waals surface area (Å²) in [6.07, 6.45) is 4.05. The van der Waals surface area contributed by atoms with E-state index in [9.17, 15) is 10.1 Å². The summed E-state index contributed by atoms with van der Waals surface area (Å²) in [6, 6.07) is 13.7. The van der Waals surface area contributed by atoms with E-state index in [4.69, 9.17) is 22.1 Å². The van der Waals surface area contributed by atoms with Crippen molar-refractivity contribution in [1.82, 2.24) is 4.90 Å². The predicted octanol–water partition coefficient (Wildman–Crippen LogP) is 4.53. The molecule has 6 nitrogen and oxygen atoms in total. The number of nitrogens with zero attached hydrogens (tertiary/aromatic N) is 2. The summed E-state index contributed by atoms with van der Waals surface area (Å²) in [7, 11) is 1.44. The Morgan fingerprint density at radius 2 is 1.82 bits per heavy atom. The molecule has 0 bridgehead atoms. The standard InChI is InChI=1S/C21H26ClN3O3/c1-28-21-10-5-16(12-20(21)25(26)27)14-24(19-8-6-18(23)7-9-19)13-15-3-2-4-17(22)11-15/h2-5,10-12,18-19H,6-9,13-14,23H2,1H3. The van der Waals surface area contributed by atoms with Crippen LogP contribution in [0.3, 0.4) is 0 Å². The van der Waals surface area contributed by atoms with Crippen LogP contribution in [0.4, 0.5) is 5.69 Å². The van der Waals surface area contributed by atoms with E-state index < -0.39 is 4.92 Å². The third kappa shape index (κ3) is 5.22. The van der Waals surface area contributed by atoms with Crippen molar-refractivity contribution in [1.29, 1.82) is 0 Å². The molecule has 0 aliphatic heterocycles. The average molecular weight is 404 g/mol. The third-order valence-electron chi connectivity index (χ3n) is 5.36. The lowest BCUT2D eigenvalue weighted by Gasteiger charge is -2.36. The van der Waals surface area contributed by atoms with Gasteiger partial charge in [-0.3, -0.25) is 15.0 Å². The van der Waals surface area contributed by atoms with Crippen molar-refractivity contribution in [2.45, 2.75) is 50.9 Å². The molecule has 0 aromatic heterocycles. The molecule has 1 saturated carbocycles. The Bertz CT molecular complexity index is 822. The van der Waals surface area contributed by atoms with Gasteiger partial charge < -0.3 is 10.5 Å². The lowest BCUT2D eigenvalue weighted by atomic mass is 9.90. The first kappa shape index (κ1) is 20.6. The summed E-state index contributed by atoms with van der Waals surface area (Å²) in [4.78, 5) is 13.3. The Morgan fingerprint density at radius 3 is 2.43 bits per heavy atom. The van der Waals surface area contributed by atoms with Crippen molar-refractivity contribution in [3.8, 4) is 5.75 Å². The third-order valence-corrected chi connectivity index (χ3v) is 5.59. The van der Waals surface area contributed by atoms with E-state index in [1.807, 2.05) is 24.3 Å². The number of hydrogen-bond donors (Lipinski definition) is 1. The second-order valence-electron chi connectivity index (χ2n) is 7.37. The lowest BCUT2D eigenvalue weighted by molar-refractivity contribution is -0.385. The first-order chi connectivity index (χ1) is 13.5. The summed E-state index contributed by atoms with van der Waals surface area (Å²) >= 11 is 6.16. The van der Waals surface area contributed by atoms with Crippen LogP contribution in [0.2, 0.25) is 5.02 Å². The minimum atomic E-state index is -0.400. The number of nitro benzene ring substituents is 1. The number of halogens is 1. The first-order valence-electron chi connectivity index (χ1n) is 9.51. The maximum atomic E-state index is 11.4. The normalized spacial score (nSPS) is 19.6. The van der Waals surface area contributed by atoms with Gasteiger partial charge in [0.05, 0.1) is 12.0 Å². The van der Waals surface area contributed by atoms with E-state index >= 15 is 0 Å². The molecule has 0 saturated heterocycles. The zero-order valence-electron chi connectivity index (χ0n) is 16.0. The Balaban J connectivity index is 1.84. The molecule has 1 aliphatic carbocycles. The van der Waals surface area contributed by atoms with Crippen LogP contribution in [0.5, 0.6) is 5.75 Å². The first-order valence-corrected chi connectivity index (χ1v) is 9.89. The van der Waals surface area contributed by atoms with E-state index in [1.165, 1.54) is 7.11 Å². The number of hydrogen-bond acceptors (Lipinski definition) is 5. The van der Waals surface area contributed by atoms with Crippen LogP contribution in [0.25, 0.3) is 0 Å². The second-order valence-corrected chi connectivity index (χ2v) is 7.80. The van der Waals surface area contributed by atoms with Crippen LogP contribution in [0.15, 0.2) is 42.5 Å². The molecule has 0 unspecified atom stereocenters. The SMILES string of the molecule is COc1ccc(CN(Cc2cccc(Cl)c2)C2CCC(N)CC2)cc1[N+](=O)[O-]. The highest BCUT2D eigenvalue weighted by Gasteiger charge is 2.25. The molecule has 0 radical (unpaired) electrons. The molecule has 28 heavy (non-hydrogen) atoms. The van der Waals surface area contributed by atoms with Gasteiger partial charge >= 0.3 is 5.69 Å². The van der Waals surface area contributed by atoms with Crippen molar-refractivity contribution in [3.05, 3.63) is 68.7 Å². The number of ether oxygens (including phenoxy) is 1. The van der Waals surface area contributed by atoms with Crippen molar-refractivity contribution in [3.63, 3.8) is 0 Å². The molecule has 2 N–H and O–H groups in total. The minimum Gasteiger partial charge on any atom is -0.490 e. The number of nitrogens with two attached hydrogens (primary N) is 1. The molecule has 0 spiro atoms. The minimum absolute atomic E-state index is 0.00614. The van der Waals surface area contributed by atoms with Crippen LogP contribution in [0, 0.1) is 10.1 Å². The molecular weight excluding hydrogens is 378 g/mol. The van der Waals surface area contributed by atoms with Crippen LogP contribution < -0.4 is 10.5 Å². The van der Waals surface area contributed by atoms with E-state index in [2.05, 4.69) is 11.0 Å². The summed E-state index contributed by atoms with van der Waals surface area (Å²) < 4.78 is 5.12. The van der Waals surface area contributed by atoms with Gasteiger partial charge in [0.2, 0.25) is 0 Å². The molecular formula is C21H26ClN3O3. The molecule has 150 valence electrons. The summed E-state index contributed by atoms with van der Waals surface area (Å²) in [6.45, 7) is 1.36. The van der Waals surface area contributed by atoms with E-state index in [-0.39, 0.29) is 17.5 Å². The molecule has 3 rings (SSSR count). The van der Waals surface area contributed by atoms with Gasteiger partial charge in [-0.1, -0.05) is 29.8 Å². The topological polar surface area (TPSA) is 81.6 Å². The molecule has 7 heteroatoms. The molecule has 1 aliphatic rings. The Kier molecular flexibility index (Phi) is 6.88. The zero-order chi connectivity index (χ0) is 20.1. The molecule has 0 amide bonds. The highest BCUT2D eigenvalue weighted by atomic mass is 35.5. The molecule has 0 atom stereocenters. The van der Waals surface area contributed by atoms with E-state index in [1.54, 1.807) is 12.1 Å². The second kappa shape index (κ2) is 9.37. The van der Waals surface area contributed by atoms with Crippen LogP contribution in [0.1, 0.15) is 36.8 Å². The van der Waals surface area contributed by atoms with Gasteiger partial charge in [-0.15, -0.1) is 0 Å². The van der Waals surface area contributed by atoms with Crippen LogP contribution in [-0.4, -0.2) is 29.0 Å². The van der Waals surface area contributed by atoms with Gasteiger partial charge in [0.15, 0.2) is 5.75 Å². The van der Waals surface area contributed by atoms with Gasteiger partial charge in [-0.2, -0.15) is 0 Å². The zero-order valence-corrected chi connectivity index (χ0v) is 16.8. The van der Waals surface area contributed by atoms with Crippen molar-refractivity contribution in [2.75, 3.05) is 7.11 Å². The number of nitro groups is 1. The quantitative estimate of drug-likeness (QED) is 0.542. The number of benzene rings is 2. The summed E-state index contributed by atoms with van der Waals surface area (Å²) in [5.74, 6) is 0.277. The Hall–Kier alpha value is -2.15. The fraction of sp³-hybridized carbons (Fsp3) is 0.429. The van der Waals surface area contributed by atoms with Crippen molar-refractivity contribution < 1.29 is 9.66 Å². The summed E-state index contributed by atoms with van der Waals surface area (Å²) in [5.41, 5.74) is 8.10. The van der Waals surface area contributed by atoms with Crippen molar-refractivity contribution in [2.24, 2.45) is 5.73 Å². The Morgan fingerprint density at radius 1 is 1.14 bits per heavy atom. The Labute approximate surface area is 170 Å². The van der Waals surface area contributed by atoms with Gasteiger partial charge in [-0.25, -0.2) is 0 Å². The number of rotatable bonds is 7. The van der Waals surface area contributed by atoms with E-state index in [0.29, 0.717) is 17.6 Å². The van der Waals surface area contributed by atoms with Gasteiger partial charge in [0.1, 0.15) is 0 Å². The van der Waals surface area contributed by atoms with E-state index in [0.717, 1.165) is 43.4 Å². The molecule has 2 aromatic rings. The predicted molar refractivity (Wildman–Crippen MR) is 111 cm³/mol. The highest BCUT2D eigenvalue weighted by Crippen LogP contribution is 2.30. The molecule has 1 fully saturated rings. The van der Waals surface area contributed by atoms with Crippen LogP contribution >= 0.6 is 11.6 Å². The monoisotopic (exact) mass is 403 g/mol. The smallest absolute Gasteiger partial charge is 0.311 e. The van der Waals surface area contributed by atoms with Gasteiger partial charge in [0.25, 0.3) is 0 Å². The van der Waals surface area contributed by atoms with Crippen LogP contribution in [-0.2, 0) is 13.1 Å². The fourth-order valence-corrected chi connectivity index (χ4v) is 4.07. The fourth-order valence-electron chi connectivity index (χ4n) is 3.86. The number of methoxy groups -OCH3 is 1. The van der Waals surface area contributed by atoms with Crippen molar-refractivity contribution >= 4 is 17.3 Å². The maximum Gasteiger partial charge on any atom is 0.311 e. The molecule has 2 aromatic carbocycles. The lowest BCUT2D eigenvalue weighted by Crippen LogP contribution is -2.40. The average Bonchev–Trinajstić information content (AvgIpc) is 2.68. The maximum absolute atomic E-state index is 11.4. The molecule has 0 heterocycles. The van der Waals surface area contributed by atoms with Gasteiger partial charge in [0, 0.05) is 36.3 Å². The largest absolute Gasteiger partial charge is 0.490 e. The summed E-state index contributed by atoms with van der Waals surface area (Å²) in [5, 5.41) is 12.1.